The van der Waals surface area contributed by atoms with E-state index in [1.165, 1.54) is 6.92 Å². The number of Topliss-reactive ketones (excluding diaryl/α,β-unsaturated/α-hetero) is 1. The van der Waals surface area contributed by atoms with Crippen molar-refractivity contribution in [1.29, 1.82) is 0 Å². The number of benzene rings is 2. The summed E-state index contributed by atoms with van der Waals surface area (Å²) >= 11 is 0. The summed E-state index contributed by atoms with van der Waals surface area (Å²) in [6, 6.07) is 14.0. The average Bonchev–Trinajstić information content (AvgIpc) is 2.60. The van der Waals surface area contributed by atoms with Gasteiger partial charge in [-0.25, -0.2) is 0 Å². The van der Waals surface area contributed by atoms with Crippen molar-refractivity contribution in [2.75, 3.05) is 12.4 Å². The van der Waals surface area contributed by atoms with Gasteiger partial charge in [-0.2, -0.15) is 0 Å². The quantitative estimate of drug-likeness (QED) is 0.599. The second kappa shape index (κ2) is 8.63. The molecule has 6 nitrogen and oxygen atoms in total. The summed E-state index contributed by atoms with van der Waals surface area (Å²) in [5, 5.41) is 5.28. The smallest absolute Gasteiger partial charge is 0.233 e. The topological polar surface area (TPSA) is 84.5 Å². The minimum Gasteiger partial charge on any atom is -0.497 e. The number of hydrogen-bond donors (Lipinski definition) is 2. The predicted octanol–water partition coefficient (Wildman–Crippen LogP) is 2.54. The summed E-state index contributed by atoms with van der Waals surface area (Å²) in [6.45, 7) is 1.74. The van der Waals surface area contributed by atoms with Gasteiger partial charge in [0.25, 0.3) is 0 Å². The summed E-state index contributed by atoms with van der Waals surface area (Å²) in [4.78, 5) is 35.4. The standard InChI is InChI=1S/C19H20N2O4/c1-13(22)16-5-3-4-6-17(16)21-19(24)11-18(23)20-12-14-7-9-15(25-2)10-8-14/h3-10H,11-12H2,1-2H3,(H,20,23)(H,21,24). The van der Waals surface area contributed by atoms with Crippen LogP contribution in [0.3, 0.4) is 0 Å². The maximum atomic E-state index is 12.0. The zero-order valence-electron chi connectivity index (χ0n) is 14.2. The van der Waals surface area contributed by atoms with Crippen molar-refractivity contribution in [1.82, 2.24) is 5.32 Å². The van der Waals surface area contributed by atoms with Crippen LogP contribution in [-0.2, 0) is 16.1 Å². The summed E-state index contributed by atoms with van der Waals surface area (Å²) in [5.41, 5.74) is 1.72. The number of methoxy groups -OCH3 is 1. The first-order valence-electron chi connectivity index (χ1n) is 7.79. The number of ether oxygens (including phenoxy) is 1. The van der Waals surface area contributed by atoms with Crippen LogP contribution >= 0.6 is 0 Å². The Labute approximate surface area is 146 Å². The van der Waals surface area contributed by atoms with Crippen LogP contribution in [-0.4, -0.2) is 24.7 Å². The Morgan fingerprint density at radius 3 is 2.28 bits per heavy atom. The molecule has 0 aliphatic rings. The molecule has 0 atom stereocenters. The molecule has 25 heavy (non-hydrogen) atoms. The van der Waals surface area contributed by atoms with Crippen LogP contribution in [0, 0.1) is 0 Å². The van der Waals surface area contributed by atoms with E-state index in [0.717, 1.165) is 11.3 Å². The van der Waals surface area contributed by atoms with E-state index in [-0.39, 0.29) is 12.2 Å². The lowest BCUT2D eigenvalue weighted by Crippen LogP contribution is -2.28. The van der Waals surface area contributed by atoms with Crippen LogP contribution in [0.15, 0.2) is 48.5 Å². The summed E-state index contributed by atoms with van der Waals surface area (Å²) < 4.78 is 5.07. The number of rotatable bonds is 7. The molecule has 0 aliphatic heterocycles. The number of ketones is 1. The number of anilines is 1. The van der Waals surface area contributed by atoms with Gasteiger partial charge in [-0.3, -0.25) is 14.4 Å². The van der Waals surface area contributed by atoms with Crippen LogP contribution in [0.2, 0.25) is 0 Å². The van der Waals surface area contributed by atoms with E-state index in [1.807, 2.05) is 12.1 Å². The average molecular weight is 340 g/mol. The minimum absolute atomic E-state index is 0.153. The summed E-state index contributed by atoms with van der Waals surface area (Å²) in [6.07, 6.45) is -0.317. The van der Waals surface area contributed by atoms with Gasteiger partial charge >= 0.3 is 0 Å². The molecule has 0 spiro atoms. The fourth-order valence-electron chi connectivity index (χ4n) is 2.25. The van der Waals surface area contributed by atoms with Crippen LogP contribution in [0.25, 0.3) is 0 Å². The molecule has 0 saturated carbocycles. The largest absolute Gasteiger partial charge is 0.497 e. The number of nitrogens with one attached hydrogen (secondary N) is 2. The van der Waals surface area contributed by atoms with E-state index < -0.39 is 11.8 Å². The Bertz CT molecular complexity index is 769. The summed E-state index contributed by atoms with van der Waals surface area (Å²) in [5.74, 6) is -0.284. The van der Waals surface area contributed by atoms with Crippen LogP contribution in [0.4, 0.5) is 5.69 Å². The van der Waals surface area contributed by atoms with Crippen molar-refractivity contribution in [3.8, 4) is 5.75 Å². The Hall–Kier alpha value is -3.15. The predicted molar refractivity (Wildman–Crippen MR) is 94.5 cm³/mol. The van der Waals surface area contributed by atoms with Gasteiger partial charge < -0.3 is 15.4 Å². The van der Waals surface area contributed by atoms with Gasteiger partial charge in [-0.15, -0.1) is 0 Å². The molecule has 0 radical (unpaired) electrons. The van der Waals surface area contributed by atoms with Gasteiger partial charge in [-0.05, 0) is 36.8 Å². The second-order valence-corrected chi connectivity index (χ2v) is 5.45. The molecule has 0 saturated heterocycles. The van der Waals surface area contributed by atoms with Gasteiger partial charge in [0.05, 0.1) is 12.8 Å². The van der Waals surface area contributed by atoms with Crippen LogP contribution < -0.4 is 15.4 Å². The monoisotopic (exact) mass is 340 g/mol. The third-order valence-electron chi connectivity index (χ3n) is 3.55. The normalized spacial score (nSPS) is 10.0. The van der Waals surface area contributed by atoms with Gasteiger partial charge in [0.15, 0.2) is 5.78 Å². The molecule has 0 unspecified atom stereocenters. The maximum Gasteiger partial charge on any atom is 0.233 e. The van der Waals surface area contributed by atoms with Gasteiger partial charge in [0, 0.05) is 12.1 Å². The highest BCUT2D eigenvalue weighted by molar-refractivity contribution is 6.07. The zero-order chi connectivity index (χ0) is 18.2. The highest BCUT2D eigenvalue weighted by atomic mass is 16.5. The van der Waals surface area contributed by atoms with Crippen molar-refractivity contribution in [2.24, 2.45) is 0 Å². The van der Waals surface area contributed by atoms with Crippen molar-refractivity contribution in [3.05, 3.63) is 59.7 Å². The Balaban J connectivity index is 1.85. The maximum absolute atomic E-state index is 12.0. The molecular weight excluding hydrogens is 320 g/mol. The molecule has 2 aromatic carbocycles. The molecule has 0 aliphatic carbocycles. The Morgan fingerprint density at radius 1 is 0.960 bits per heavy atom. The fraction of sp³-hybridized carbons (Fsp3) is 0.211. The first kappa shape index (κ1) is 18.2. The molecule has 2 N–H and O–H groups in total. The molecule has 2 aromatic rings. The number of hydrogen-bond acceptors (Lipinski definition) is 4. The third kappa shape index (κ3) is 5.46. The minimum atomic E-state index is -0.471. The van der Waals surface area contributed by atoms with Crippen molar-refractivity contribution in [2.45, 2.75) is 19.9 Å². The van der Waals surface area contributed by atoms with Crippen LogP contribution in [0.1, 0.15) is 29.3 Å². The third-order valence-corrected chi connectivity index (χ3v) is 3.55. The first-order chi connectivity index (χ1) is 12.0. The molecule has 0 aromatic heterocycles. The van der Waals surface area contributed by atoms with Crippen molar-refractivity contribution < 1.29 is 19.1 Å². The van der Waals surface area contributed by atoms with Crippen molar-refractivity contribution >= 4 is 23.3 Å². The molecule has 2 rings (SSSR count). The van der Waals surface area contributed by atoms with E-state index in [0.29, 0.717) is 17.8 Å². The molecule has 0 heterocycles. The van der Waals surface area contributed by atoms with Gasteiger partial charge in [0.1, 0.15) is 12.2 Å². The Kier molecular flexibility index (Phi) is 6.28. The molecule has 130 valence electrons. The SMILES string of the molecule is COc1ccc(CNC(=O)CC(=O)Nc2ccccc2C(C)=O)cc1. The highest BCUT2D eigenvalue weighted by Gasteiger charge is 2.13. The molecule has 2 amide bonds. The molecule has 0 fully saturated rings. The molecule has 0 bridgehead atoms. The lowest BCUT2D eigenvalue weighted by Gasteiger charge is -2.09. The zero-order valence-corrected chi connectivity index (χ0v) is 14.2. The fourth-order valence-corrected chi connectivity index (χ4v) is 2.25. The first-order valence-corrected chi connectivity index (χ1v) is 7.79. The molecular formula is C19H20N2O4. The van der Waals surface area contributed by atoms with E-state index in [4.69, 9.17) is 4.74 Å². The number of carbonyl (C=O) groups is 3. The lowest BCUT2D eigenvalue weighted by molar-refractivity contribution is -0.126. The van der Waals surface area contributed by atoms with E-state index in [2.05, 4.69) is 10.6 Å². The van der Waals surface area contributed by atoms with E-state index >= 15 is 0 Å². The lowest BCUT2D eigenvalue weighted by atomic mass is 10.1. The number of carbonyl (C=O) groups excluding carboxylic acids is 3. The Morgan fingerprint density at radius 2 is 1.64 bits per heavy atom. The van der Waals surface area contributed by atoms with Crippen LogP contribution in [0.5, 0.6) is 5.75 Å². The highest BCUT2D eigenvalue weighted by Crippen LogP contribution is 2.15. The molecule has 6 heteroatoms. The van der Waals surface area contributed by atoms with Gasteiger partial charge in [-0.1, -0.05) is 24.3 Å². The number of para-hydroxylation sites is 1. The second-order valence-electron chi connectivity index (χ2n) is 5.45. The van der Waals surface area contributed by atoms with Crippen molar-refractivity contribution in [3.63, 3.8) is 0 Å². The van der Waals surface area contributed by atoms with Gasteiger partial charge in [0.2, 0.25) is 11.8 Å². The summed E-state index contributed by atoms with van der Waals surface area (Å²) in [7, 11) is 1.58. The number of amides is 2. The van der Waals surface area contributed by atoms with E-state index in [1.54, 1.807) is 43.5 Å². The van der Waals surface area contributed by atoms with E-state index in [9.17, 15) is 14.4 Å².